The molecule has 2 aromatic rings. The molecule has 2 atom stereocenters. The van der Waals surface area contributed by atoms with Crippen LogP contribution in [0.5, 0.6) is 0 Å². The zero-order valence-corrected chi connectivity index (χ0v) is 14.6. The standard InChI is InChI=1S/C19H22FN3O2/c1-12-19(14-4-7-16(10-14)21-18(24)11-25-3)13(2)23(22-12)17-8-5-15(20)6-9-17/h4-9,14,16H,10-11H2,1-3H3,(H,21,24). The van der Waals surface area contributed by atoms with E-state index >= 15 is 0 Å². The molecule has 1 aliphatic carbocycles. The summed E-state index contributed by atoms with van der Waals surface area (Å²) in [5, 5.41) is 7.57. The van der Waals surface area contributed by atoms with Gasteiger partial charge in [0.2, 0.25) is 5.91 Å². The fraction of sp³-hybridized carbons (Fsp3) is 0.368. The van der Waals surface area contributed by atoms with Gasteiger partial charge in [-0.15, -0.1) is 0 Å². The van der Waals surface area contributed by atoms with E-state index in [0.29, 0.717) is 0 Å². The van der Waals surface area contributed by atoms with Crippen molar-refractivity contribution in [2.75, 3.05) is 13.7 Å². The van der Waals surface area contributed by atoms with Gasteiger partial charge in [-0.05, 0) is 44.5 Å². The number of nitrogens with one attached hydrogen (secondary N) is 1. The van der Waals surface area contributed by atoms with Crippen LogP contribution in [-0.4, -0.2) is 35.4 Å². The van der Waals surface area contributed by atoms with Crippen molar-refractivity contribution < 1.29 is 13.9 Å². The van der Waals surface area contributed by atoms with Gasteiger partial charge in [0.05, 0.1) is 11.4 Å². The molecule has 0 saturated carbocycles. The van der Waals surface area contributed by atoms with Crippen LogP contribution < -0.4 is 5.32 Å². The van der Waals surface area contributed by atoms with Crippen LogP contribution in [0.2, 0.25) is 0 Å². The summed E-state index contributed by atoms with van der Waals surface area (Å²) in [5.74, 6) is -0.186. The van der Waals surface area contributed by atoms with Gasteiger partial charge in [0.15, 0.2) is 0 Å². The molecule has 5 nitrogen and oxygen atoms in total. The predicted octanol–water partition coefficient (Wildman–Crippen LogP) is 2.80. The van der Waals surface area contributed by atoms with Gasteiger partial charge in [-0.1, -0.05) is 12.2 Å². The van der Waals surface area contributed by atoms with Crippen molar-refractivity contribution in [1.82, 2.24) is 15.1 Å². The Labute approximate surface area is 146 Å². The Balaban J connectivity index is 1.79. The van der Waals surface area contributed by atoms with Crippen molar-refractivity contribution in [3.63, 3.8) is 0 Å². The maximum atomic E-state index is 13.2. The summed E-state index contributed by atoms with van der Waals surface area (Å²) in [6.45, 7) is 4.06. The number of halogens is 1. The first-order valence-electron chi connectivity index (χ1n) is 8.28. The number of nitrogens with zero attached hydrogens (tertiary/aromatic N) is 2. The molecule has 1 N–H and O–H groups in total. The van der Waals surface area contributed by atoms with Crippen LogP contribution in [0.4, 0.5) is 4.39 Å². The van der Waals surface area contributed by atoms with Crippen LogP contribution in [0, 0.1) is 19.7 Å². The number of carbonyl (C=O) groups excluding carboxylic acids is 1. The number of methoxy groups -OCH3 is 1. The van der Waals surface area contributed by atoms with Crippen molar-refractivity contribution in [1.29, 1.82) is 0 Å². The van der Waals surface area contributed by atoms with Crippen LogP contribution in [0.3, 0.4) is 0 Å². The predicted molar refractivity (Wildman–Crippen MR) is 93.3 cm³/mol. The second-order valence-corrected chi connectivity index (χ2v) is 6.31. The molecule has 6 heteroatoms. The second kappa shape index (κ2) is 7.19. The third kappa shape index (κ3) is 3.64. The lowest BCUT2D eigenvalue weighted by Crippen LogP contribution is -2.35. The van der Waals surface area contributed by atoms with E-state index in [2.05, 4.69) is 16.5 Å². The normalized spacial score (nSPS) is 19.4. The van der Waals surface area contributed by atoms with E-state index in [0.717, 1.165) is 29.1 Å². The number of hydrogen-bond donors (Lipinski definition) is 1. The largest absolute Gasteiger partial charge is 0.375 e. The first kappa shape index (κ1) is 17.4. The Morgan fingerprint density at radius 2 is 2.04 bits per heavy atom. The fourth-order valence-electron chi connectivity index (χ4n) is 3.42. The molecule has 25 heavy (non-hydrogen) atoms. The van der Waals surface area contributed by atoms with Gasteiger partial charge in [0.25, 0.3) is 0 Å². The molecule has 0 aliphatic heterocycles. The van der Waals surface area contributed by atoms with E-state index in [1.54, 1.807) is 12.1 Å². The Kier molecular flexibility index (Phi) is 4.99. The van der Waals surface area contributed by atoms with E-state index < -0.39 is 0 Å². The van der Waals surface area contributed by atoms with Crippen molar-refractivity contribution in [3.05, 3.63) is 59.2 Å². The highest BCUT2D eigenvalue weighted by Crippen LogP contribution is 2.33. The molecule has 1 heterocycles. The SMILES string of the molecule is COCC(=O)NC1C=CC(c2c(C)nn(-c3ccc(F)cc3)c2C)C1. The topological polar surface area (TPSA) is 56.1 Å². The molecule has 1 aliphatic rings. The lowest BCUT2D eigenvalue weighted by molar-refractivity contribution is -0.125. The summed E-state index contributed by atoms with van der Waals surface area (Å²) in [6.07, 6.45) is 4.93. The summed E-state index contributed by atoms with van der Waals surface area (Å²) >= 11 is 0. The molecule has 2 unspecified atom stereocenters. The van der Waals surface area contributed by atoms with Crippen molar-refractivity contribution in [3.8, 4) is 5.69 Å². The van der Waals surface area contributed by atoms with Crippen LogP contribution in [0.25, 0.3) is 5.69 Å². The number of ether oxygens (including phenoxy) is 1. The number of rotatable bonds is 5. The monoisotopic (exact) mass is 343 g/mol. The first-order chi connectivity index (χ1) is 12.0. The molecular formula is C19H22FN3O2. The lowest BCUT2D eigenvalue weighted by Gasteiger charge is -2.14. The molecule has 0 spiro atoms. The van der Waals surface area contributed by atoms with Gasteiger partial charge < -0.3 is 10.1 Å². The maximum absolute atomic E-state index is 13.2. The summed E-state index contributed by atoms with van der Waals surface area (Å²) < 4.78 is 19.8. The van der Waals surface area contributed by atoms with E-state index in [9.17, 15) is 9.18 Å². The van der Waals surface area contributed by atoms with Gasteiger partial charge in [0, 0.05) is 30.3 Å². The average molecular weight is 343 g/mol. The molecule has 0 saturated heterocycles. The molecule has 3 rings (SSSR count). The zero-order chi connectivity index (χ0) is 18.0. The van der Waals surface area contributed by atoms with Crippen LogP contribution in [0.15, 0.2) is 36.4 Å². The Morgan fingerprint density at radius 3 is 2.72 bits per heavy atom. The van der Waals surface area contributed by atoms with Crippen LogP contribution >= 0.6 is 0 Å². The van der Waals surface area contributed by atoms with Gasteiger partial charge in [-0.25, -0.2) is 9.07 Å². The maximum Gasteiger partial charge on any atom is 0.246 e. The first-order valence-corrected chi connectivity index (χ1v) is 8.28. The quantitative estimate of drug-likeness (QED) is 0.850. The van der Waals surface area contributed by atoms with Gasteiger partial charge in [-0.3, -0.25) is 4.79 Å². The van der Waals surface area contributed by atoms with E-state index in [1.165, 1.54) is 19.2 Å². The number of aromatic nitrogens is 2. The lowest BCUT2D eigenvalue weighted by atomic mass is 9.96. The van der Waals surface area contributed by atoms with Gasteiger partial charge in [0.1, 0.15) is 12.4 Å². The minimum Gasteiger partial charge on any atom is -0.375 e. The highest BCUT2D eigenvalue weighted by molar-refractivity contribution is 5.77. The summed E-state index contributed by atoms with van der Waals surface area (Å²) in [6, 6.07) is 6.30. The van der Waals surface area contributed by atoms with Crippen molar-refractivity contribution in [2.24, 2.45) is 0 Å². The molecule has 0 bridgehead atoms. The minimum absolute atomic E-state index is 0.000575. The Hall–Kier alpha value is -2.47. The molecular weight excluding hydrogens is 321 g/mol. The fourth-order valence-corrected chi connectivity index (χ4v) is 3.42. The number of aryl methyl sites for hydroxylation is 1. The van der Waals surface area contributed by atoms with Gasteiger partial charge >= 0.3 is 0 Å². The highest BCUT2D eigenvalue weighted by atomic mass is 19.1. The van der Waals surface area contributed by atoms with Crippen molar-refractivity contribution in [2.45, 2.75) is 32.2 Å². The summed E-state index contributed by atoms with van der Waals surface area (Å²) in [4.78, 5) is 11.7. The Morgan fingerprint density at radius 1 is 1.32 bits per heavy atom. The zero-order valence-electron chi connectivity index (χ0n) is 14.6. The number of amides is 1. The number of allylic oxidation sites excluding steroid dienone is 1. The number of carbonyl (C=O) groups is 1. The van der Waals surface area contributed by atoms with Crippen LogP contribution in [0.1, 0.15) is 29.3 Å². The molecule has 132 valence electrons. The Bertz CT molecular complexity index is 796. The molecule has 1 aromatic carbocycles. The molecule has 0 radical (unpaired) electrons. The summed E-state index contributed by atoms with van der Waals surface area (Å²) in [5.41, 5.74) is 3.97. The minimum atomic E-state index is -0.265. The third-order valence-corrected chi connectivity index (χ3v) is 4.49. The number of benzene rings is 1. The molecule has 0 fully saturated rings. The molecule has 1 aromatic heterocycles. The highest BCUT2D eigenvalue weighted by Gasteiger charge is 2.26. The smallest absolute Gasteiger partial charge is 0.246 e. The van der Waals surface area contributed by atoms with Crippen molar-refractivity contribution >= 4 is 5.91 Å². The summed E-state index contributed by atoms with van der Waals surface area (Å²) in [7, 11) is 1.50. The van der Waals surface area contributed by atoms with Gasteiger partial charge in [-0.2, -0.15) is 5.10 Å². The number of hydrogen-bond acceptors (Lipinski definition) is 3. The van der Waals surface area contributed by atoms with E-state index in [-0.39, 0.29) is 30.3 Å². The average Bonchev–Trinajstić information content (AvgIpc) is 3.12. The second-order valence-electron chi connectivity index (χ2n) is 6.31. The van der Waals surface area contributed by atoms with E-state index in [1.807, 2.05) is 24.6 Å². The van der Waals surface area contributed by atoms with Crippen LogP contribution in [-0.2, 0) is 9.53 Å². The third-order valence-electron chi connectivity index (χ3n) is 4.49. The van der Waals surface area contributed by atoms with E-state index in [4.69, 9.17) is 4.74 Å². The molecule has 1 amide bonds.